The molecule has 0 heterocycles. The van der Waals surface area contributed by atoms with Gasteiger partial charge in [0.25, 0.3) is 5.97 Å². The summed E-state index contributed by atoms with van der Waals surface area (Å²) in [5.74, 6) is -0.833. The average molecular weight is 183 g/mol. The Morgan fingerprint density at radius 1 is 1.44 bits per heavy atom. The summed E-state index contributed by atoms with van der Waals surface area (Å²) in [5.41, 5.74) is 0. The van der Waals surface area contributed by atoms with E-state index in [-0.39, 0.29) is 51.4 Å². The predicted molar refractivity (Wildman–Crippen MR) is 13.3 cm³/mol. The first-order valence-electron chi connectivity index (χ1n) is 1.39. The van der Waals surface area contributed by atoms with E-state index in [9.17, 15) is 0 Å². The van der Waals surface area contributed by atoms with E-state index < -0.39 is 16.8 Å². The smallest absolute Gasteiger partial charge is 0.481 e. The Morgan fingerprint density at radius 2 is 1.44 bits per heavy atom. The number of rotatable bonds is 0. The molecule has 0 fully saturated rings. The van der Waals surface area contributed by atoms with E-state index >= 15 is 0 Å². The fraction of sp³-hybridized carbons (Fsp3) is 0.500. The maximum absolute atomic E-state index is 9.00. The number of carboxylic acids is 1. The van der Waals surface area contributed by atoms with Gasteiger partial charge in [-0.3, -0.25) is 4.79 Å². The van der Waals surface area contributed by atoms with Crippen LogP contribution in [0.15, 0.2) is 0 Å². The minimum Gasteiger partial charge on any atom is -0.481 e. The van der Waals surface area contributed by atoms with Crippen LogP contribution < -0.4 is 65.4 Å². The van der Waals surface area contributed by atoms with Crippen molar-refractivity contribution >= 4 is 5.97 Å². The van der Waals surface area contributed by atoms with Crippen LogP contribution in [-0.2, 0) is 4.79 Å². The summed E-state index contributed by atoms with van der Waals surface area (Å²) in [6.45, 7) is 1.08. The van der Waals surface area contributed by atoms with Gasteiger partial charge in [-0.1, -0.05) is 0 Å². The fourth-order valence-electron chi connectivity index (χ4n) is 0. The summed E-state index contributed by atoms with van der Waals surface area (Å²) >= 11 is 0. The Balaban J connectivity index is -0.0000000720. The third-order valence-electron chi connectivity index (χ3n) is 0. The van der Waals surface area contributed by atoms with Crippen LogP contribution in [0.4, 0.5) is 0 Å². The molecule has 0 aliphatic rings. The number of hydrogen-bond acceptors (Lipinski definition) is 4. The molecular weight excluding hydrogens is 179 g/mol. The van der Waals surface area contributed by atoms with Crippen LogP contribution in [-0.4, -0.2) is 11.1 Å². The van der Waals surface area contributed by atoms with E-state index in [1.165, 1.54) is 0 Å². The molecule has 0 spiro atoms. The number of carbonyl (C=O) groups is 1. The van der Waals surface area contributed by atoms with Crippen LogP contribution in [0, 0.1) is 10.8 Å². The molecule has 9 heavy (non-hydrogen) atoms. The van der Waals surface area contributed by atoms with E-state index in [0.29, 0.717) is 0 Å². The Morgan fingerprint density at radius 3 is 1.44 bits per heavy atom. The molecular formula is C2H4ClKO5. The molecule has 0 aliphatic carbocycles. The fourth-order valence-corrected chi connectivity index (χ4v) is 0. The summed E-state index contributed by atoms with van der Waals surface area (Å²) < 4.78 is 25.2. The average Bonchev–Trinajstić information content (AvgIpc) is 1.25. The molecule has 0 amide bonds. The number of hydrogen-bond donors (Lipinski definition) is 1. The maximum Gasteiger partial charge on any atom is 1.00 e. The van der Waals surface area contributed by atoms with Gasteiger partial charge in [0.15, 0.2) is 0 Å². The van der Waals surface area contributed by atoms with E-state index in [1.54, 1.807) is 0 Å². The Kier molecular flexibility index (Phi) is 22.3. The van der Waals surface area contributed by atoms with Gasteiger partial charge < -0.3 is 19.1 Å². The molecule has 50 valence electrons. The van der Waals surface area contributed by atoms with Crippen LogP contribution in [0.2, 0.25) is 0 Å². The standard InChI is InChI=1S/C2H4O2.ClO3.K/c1-2(3)4;2-1(3)4;/h1H3,(H,3,4);;/q;-1;+1. The monoisotopic (exact) mass is 182 g/mol. The number of halogens is 1. The van der Waals surface area contributed by atoms with Crippen molar-refractivity contribution < 1.29 is 86.0 Å². The van der Waals surface area contributed by atoms with Gasteiger partial charge in [0.1, 0.15) is 0 Å². The van der Waals surface area contributed by atoms with Crippen LogP contribution in [0.25, 0.3) is 0 Å². The zero-order valence-corrected chi connectivity index (χ0v) is 8.84. The third kappa shape index (κ3) is 301. The van der Waals surface area contributed by atoms with Crippen molar-refractivity contribution in [2.75, 3.05) is 0 Å². The van der Waals surface area contributed by atoms with Gasteiger partial charge in [-0.15, -0.1) is 0 Å². The first-order chi connectivity index (χ1) is 3.46. The largest absolute Gasteiger partial charge is 1.00 e. The van der Waals surface area contributed by atoms with Crippen molar-refractivity contribution in [2.45, 2.75) is 6.92 Å². The summed E-state index contributed by atoms with van der Waals surface area (Å²) in [4.78, 5) is 9.00. The number of aliphatic carboxylic acids is 1. The molecule has 0 unspecified atom stereocenters. The van der Waals surface area contributed by atoms with Crippen LogP contribution in [0.3, 0.4) is 0 Å². The number of carboxylic acid groups (broad SMARTS) is 1. The molecule has 0 rings (SSSR count). The van der Waals surface area contributed by atoms with Gasteiger partial charge in [-0.25, -0.2) is 0 Å². The zero-order chi connectivity index (χ0) is 7.15. The summed E-state index contributed by atoms with van der Waals surface area (Å²) in [7, 11) is -2.85. The Hall–Kier alpha value is 1.28. The van der Waals surface area contributed by atoms with Gasteiger partial charge in [0.2, 0.25) is 0 Å². The summed E-state index contributed by atoms with van der Waals surface area (Å²) in [6.07, 6.45) is 0. The molecule has 0 bridgehead atoms. The van der Waals surface area contributed by atoms with Gasteiger partial charge in [0.05, 0.1) is 10.8 Å². The first-order valence-corrected chi connectivity index (χ1v) is 2.32. The second-order valence-electron chi connectivity index (χ2n) is 0.708. The molecule has 0 radical (unpaired) electrons. The molecule has 0 aliphatic heterocycles. The van der Waals surface area contributed by atoms with E-state index in [0.717, 1.165) is 6.92 Å². The first kappa shape index (κ1) is 16.7. The minimum absolute atomic E-state index is 0. The SMILES string of the molecule is CC(=O)O.[K+].[O-][Cl+2]([O-])[O-]. The molecule has 0 saturated heterocycles. The molecule has 0 aromatic carbocycles. The molecule has 7 heteroatoms. The minimum atomic E-state index is -2.85. The van der Waals surface area contributed by atoms with E-state index in [4.69, 9.17) is 23.9 Å². The molecule has 0 saturated carbocycles. The molecule has 0 aromatic heterocycles. The Labute approximate surface area is 97.5 Å². The van der Waals surface area contributed by atoms with Gasteiger partial charge in [-0.05, 0) is 0 Å². The van der Waals surface area contributed by atoms with Gasteiger partial charge in [0, 0.05) is 6.92 Å². The van der Waals surface area contributed by atoms with Crippen LogP contribution in [0.1, 0.15) is 6.92 Å². The second kappa shape index (κ2) is 12.0. The van der Waals surface area contributed by atoms with Crippen molar-refractivity contribution in [1.82, 2.24) is 0 Å². The van der Waals surface area contributed by atoms with Crippen molar-refractivity contribution in [3.8, 4) is 0 Å². The molecule has 1 N–H and O–H groups in total. The topological polar surface area (TPSA) is 106 Å². The third-order valence-corrected chi connectivity index (χ3v) is 0. The van der Waals surface area contributed by atoms with Crippen LogP contribution >= 0.6 is 0 Å². The second-order valence-corrected chi connectivity index (χ2v) is 1.09. The maximum atomic E-state index is 9.00. The summed E-state index contributed by atoms with van der Waals surface area (Å²) in [5, 5.41) is 7.42. The van der Waals surface area contributed by atoms with E-state index in [1.807, 2.05) is 0 Å². The summed E-state index contributed by atoms with van der Waals surface area (Å²) in [6, 6.07) is 0. The van der Waals surface area contributed by atoms with Gasteiger partial charge >= 0.3 is 51.4 Å². The van der Waals surface area contributed by atoms with Crippen molar-refractivity contribution in [3.05, 3.63) is 0 Å². The normalized spacial score (nSPS) is 6.78. The predicted octanol–water partition coefficient (Wildman–Crippen LogP) is -6.47. The Bertz CT molecular complexity index is 59.2. The molecule has 0 aromatic rings. The molecule has 5 nitrogen and oxygen atoms in total. The van der Waals surface area contributed by atoms with Crippen molar-refractivity contribution in [2.24, 2.45) is 0 Å². The van der Waals surface area contributed by atoms with Crippen molar-refractivity contribution in [1.29, 1.82) is 0 Å². The quantitative estimate of drug-likeness (QED) is 0.375. The zero-order valence-electron chi connectivity index (χ0n) is 4.96. The molecule has 0 atom stereocenters. The van der Waals surface area contributed by atoms with Crippen LogP contribution in [0.5, 0.6) is 0 Å². The van der Waals surface area contributed by atoms with Crippen molar-refractivity contribution in [3.63, 3.8) is 0 Å². The van der Waals surface area contributed by atoms with Gasteiger partial charge in [-0.2, -0.15) is 0 Å². The van der Waals surface area contributed by atoms with E-state index in [2.05, 4.69) is 0 Å².